The van der Waals surface area contributed by atoms with Crippen molar-refractivity contribution < 1.29 is 50.9 Å². The molecule has 40 heavy (non-hydrogen) atoms. The third kappa shape index (κ3) is 7.19. The molecule has 0 amide bonds. The highest BCUT2D eigenvalue weighted by atomic mass is 19.4. The summed E-state index contributed by atoms with van der Waals surface area (Å²) in [5.41, 5.74) is -4.45. The van der Waals surface area contributed by atoms with E-state index in [1.54, 1.807) is 60.7 Å². The Morgan fingerprint density at radius 2 is 1.12 bits per heavy atom. The highest BCUT2D eigenvalue weighted by Crippen LogP contribution is 2.42. The van der Waals surface area contributed by atoms with Crippen LogP contribution in [0.2, 0.25) is 0 Å². The number of alkyl halides is 6. The minimum atomic E-state index is -5.07. The maximum Gasteiger partial charge on any atom is 0.416 e. The molecule has 3 aromatic carbocycles. The van der Waals surface area contributed by atoms with Crippen LogP contribution in [0.15, 0.2) is 78.9 Å². The summed E-state index contributed by atoms with van der Waals surface area (Å²) >= 11 is 0. The minimum absolute atomic E-state index is 0.00915. The van der Waals surface area contributed by atoms with Crippen LogP contribution >= 0.6 is 0 Å². The van der Waals surface area contributed by atoms with Crippen LogP contribution in [0, 0.1) is 0 Å². The molecule has 0 aliphatic carbocycles. The Morgan fingerprint density at radius 1 is 0.725 bits per heavy atom. The molecule has 3 rings (SSSR count). The van der Waals surface area contributed by atoms with Gasteiger partial charge in [-0.3, -0.25) is 14.5 Å². The predicted octanol–water partition coefficient (Wildman–Crippen LogP) is 6.04. The molecule has 0 bridgehead atoms. The van der Waals surface area contributed by atoms with Crippen LogP contribution in [0.1, 0.15) is 34.7 Å². The van der Waals surface area contributed by atoms with E-state index in [2.05, 4.69) is 0 Å². The SMILES string of the molecule is C[C@H](N(CC(=O)O)CC(=O)O)C(OCc1cc(C(F)(F)F)cc(C(F)(F)F)c1)(c1ccccc1)c1ccccc1. The van der Waals surface area contributed by atoms with Gasteiger partial charge in [-0.25, -0.2) is 0 Å². The third-order valence-electron chi connectivity index (χ3n) is 6.33. The number of rotatable bonds is 11. The van der Waals surface area contributed by atoms with Crippen LogP contribution in [0.5, 0.6) is 0 Å². The average Bonchev–Trinajstić information content (AvgIpc) is 2.88. The lowest BCUT2D eigenvalue weighted by Gasteiger charge is -2.44. The molecule has 0 aliphatic heterocycles. The molecule has 0 aromatic heterocycles. The summed E-state index contributed by atoms with van der Waals surface area (Å²) < 4.78 is 87.2. The van der Waals surface area contributed by atoms with Crippen LogP contribution in [-0.4, -0.2) is 46.2 Å². The zero-order chi connectivity index (χ0) is 29.7. The summed E-state index contributed by atoms with van der Waals surface area (Å²) in [6.45, 7) is -0.742. The molecule has 0 saturated carbocycles. The smallest absolute Gasteiger partial charge is 0.416 e. The van der Waals surface area contributed by atoms with Crippen molar-refractivity contribution in [3.8, 4) is 0 Å². The van der Waals surface area contributed by atoms with Gasteiger partial charge < -0.3 is 14.9 Å². The Morgan fingerprint density at radius 3 is 1.48 bits per heavy atom. The number of nitrogens with zero attached hydrogens (tertiary/aromatic N) is 1. The highest BCUT2D eigenvalue weighted by molar-refractivity contribution is 5.72. The summed E-state index contributed by atoms with van der Waals surface area (Å²) in [5, 5.41) is 19.0. The molecule has 2 N–H and O–H groups in total. The van der Waals surface area contributed by atoms with Crippen molar-refractivity contribution in [1.82, 2.24) is 4.90 Å². The quantitative estimate of drug-likeness (QED) is 0.274. The number of benzene rings is 3. The molecule has 1 atom stereocenters. The van der Waals surface area contributed by atoms with Gasteiger partial charge in [-0.15, -0.1) is 0 Å². The van der Waals surface area contributed by atoms with Gasteiger partial charge in [0.2, 0.25) is 0 Å². The molecule has 0 fully saturated rings. The molecular formula is C28H25F6NO5. The van der Waals surface area contributed by atoms with Crippen molar-refractivity contribution in [3.63, 3.8) is 0 Å². The first-order chi connectivity index (χ1) is 18.6. The van der Waals surface area contributed by atoms with Crippen molar-refractivity contribution in [1.29, 1.82) is 0 Å². The Bertz CT molecular complexity index is 1220. The number of halogens is 6. The second kappa shape index (κ2) is 12.1. The summed E-state index contributed by atoms with van der Waals surface area (Å²) in [4.78, 5) is 24.4. The van der Waals surface area contributed by atoms with Crippen molar-refractivity contribution >= 4 is 11.9 Å². The fourth-order valence-electron chi connectivity index (χ4n) is 4.54. The first-order valence-electron chi connectivity index (χ1n) is 11.9. The monoisotopic (exact) mass is 569 g/mol. The molecule has 0 radical (unpaired) electrons. The lowest BCUT2D eigenvalue weighted by molar-refractivity contribution is -0.147. The van der Waals surface area contributed by atoms with Gasteiger partial charge in [-0.2, -0.15) is 26.3 Å². The third-order valence-corrected chi connectivity index (χ3v) is 6.33. The number of carboxylic acids is 2. The van der Waals surface area contributed by atoms with Crippen molar-refractivity contribution in [3.05, 3.63) is 107 Å². The number of hydrogen-bond donors (Lipinski definition) is 2. The van der Waals surface area contributed by atoms with Gasteiger partial charge >= 0.3 is 24.3 Å². The molecule has 0 saturated heterocycles. The fourth-order valence-corrected chi connectivity index (χ4v) is 4.54. The van der Waals surface area contributed by atoms with Crippen molar-refractivity contribution in [2.45, 2.75) is 37.5 Å². The van der Waals surface area contributed by atoms with E-state index in [0.29, 0.717) is 23.3 Å². The van der Waals surface area contributed by atoms with Crippen LogP contribution in [-0.2, 0) is 38.9 Å². The summed E-state index contributed by atoms with van der Waals surface area (Å²) in [5.74, 6) is -2.70. The van der Waals surface area contributed by atoms with Crippen LogP contribution < -0.4 is 0 Å². The topological polar surface area (TPSA) is 87.1 Å². The summed E-state index contributed by atoms with van der Waals surface area (Å²) in [6, 6.07) is 16.2. The van der Waals surface area contributed by atoms with E-state index in [0.717, 1.165) is 4.90 Å². The van der Waals surface area contributed by atoms with Gasteiger partial charge in [0.15, 0.2) is 0 Å². The first kappa shape index (κ1) is 30.6. The van der Waals surface area contributed by atoms with Gasteiger partial charge in [0.05, 0.1) is 30.8 Å². The molecule has 3 aromatic rings. The molecule has 214 valence electrons. The Labute approximate surface area is 225 Å². The summed E-state index contributed by atoms with van der Waals surface area (Å²) in [7, 11) is 0. The molecule has 6 nitrogen and oxygen atoms in total. The average molecular weight is 569 g/mol. The van der Waals surface area contributed by atoms with Crippen LogP contribution in [0.3, 0.4) is 0 Å². The zero-order valence-electron chi connectivity index (χ0n) is 21.0. The second-order valence-electron chi connectivity index (χ2n) is 9.04. The lowest BCUT2D eigenvalue weighted by Crippen LogP contribution is -2.54. The van der Waals surface area contributed by atoms with E-state index in [4.69, 9.17) is 4.74 Å². The number of carbonyl (C=O) groups is 2. The number of ether oxygens (including phenoxy) is 1. The van der Waals surface area contributed by atoms with Gasteiger partial charge in [-0.05, 0) is 41.8 Å². The van der Waals surface area contributed by atoms with Crippen LogP contribution in [0.25, 0.3) is 0 Å². The maximum absolute atomic E-state index is 13.5. The van der Waals surface area contributed by atoms with Crippen molar-refractivity contribution in [2.24, 2.45) is 0 Å². The standard InChI is InChI=1S/C28H25F6NO5/c1-18(35(15-24(36)37)16-25(38)39)26(20-8-4-2-5-9-20,21-10-6-3-7-11-21)40-17-19-12-22(27(29,30)31)14-23(13-19)28(32,33)34/h2-14,18H,15-17H2,1H3,(H,36,37)(H,38,39)/t18-/m0/s1. The van der Waals surface area contributed by atoms with Crippen molar-refractivity contribution in [2.75, 3.05) is 13.1 Å². The highest BCUT2D eigenvalue weighted by Gasteiger charge is 2.45. The molecule has 0 aliphatic rings. The Balaban J connectivity index is 2.23. The second-order valence-corrected chi connectivity index (χ2v) is 9.04. The number of hydrogen-bond acceptors (Lipinski definition) is 4. The maximum atomic E-state index is 13.5. The molecule has 12 heteroatoms. The van der Waals surface area contributed by atoms with E-state index in [1.165, 1.54) is 6.92 Å². The van der Waals surface area contributed by atoms with E-state index in [-0.39, 0.29) is 6.07 Å². The van der Waals surface area contributed by atoms with Gasteiger partial charge in [0, 0.05) is 6.04 Å². The zero-order valence-corrected chi connectivity index (χ0v) is 21.0. The van der Waals surface area contributed by atoms with Crippen LogP contribution in [0.4, 0.5) is 26.3 Å². The minimum Gasteiger partial charge on any atom is -0.480 e. The van der Waals surface area contributed by atoms with Gasteiger partial charge in [0.1, 0.15) is 5.60 Å². The van der Waals surface area contributed by atoms with Gasteiger partial charge in [0.25, 0.3) is 0 Å². The van der Waals surface area contributed by atoms with E-state index in [1.807, 2.05) is 0 Å². The van der Waals surface area contributed by atoms with E-state index >= 15 is 0 Å². The molecule has 0 spiro atoms. The summed E-state index contributed by atoms with van der Waals surface area (Å²) in [6.07, 6.45) is -10.1. The molecule has 0 unspecified atom stereocenters. The lowest BCUT2D eigenvalue weighted by atomic mass is 9.79. The van der Waals surface area contributed by atoms with Gasteiger partial charge in [-0.1, -0.05) is 60.7 Å². The fraction of sp³-hybridized carbons (Fsp3) is 0.286. The van der Waals surface area contributed by atoms with E-state index in [9.17, 15) is 46.1 Å². The number of aliphatic carboxylic acids is 2. The molecule has 0 heterocycles. The predicted molar refractivity (Wildman–Crippen MR) is 131 cm³/mol. The molecular weight excluding hydrogens is 544 g/mol. The number of carboxylic acid groups (broad SMARTS) is 2. The Kier molecular flexibility index (Phi) is 9.26. The largest absolute Gasteiger partial charge is 0.480 e. The first-order valence-corrected chi connectivity index (χ1v) is 11.9. The normalized spacial score (nSPS) is 13.3. The Hall–Kier alpha value is -3.90. The van der Waals surface area contributed by atoms with E-state index < -0.39 is 72.3 Å².